The molecule has 0 spiro atoms. The van der Waals surface area contributed by atoms with Crippen LogP contribution in [0.4, 0.5) is 0 Å². The van der Waals surface area contributed by atoms with Gasteiger partial charge in [0.1, 0.15) is 0 Å². The van der Waals surface area contributed by atoms with Gasteiger partial charge in [-0.05, 0) is 25.2 Å². The van der Waals surface area contributed by atoms with Gasteiger partial charge >= 0.3 is 0 Å². The number of hydrogen-bond donors (Lipinski definition) is 2. The monoisotopic (exact) mass is 300 g/mol. The Kier molecular flexibility index (Phi) is 17.9. The van der Waals surface area contributed by atoms with Gasteiger partial charge in [0.05, 0.1) is 0 Å². The van der Waals surface area contributed by atoms with E-state index in [1.54, 1.807) is 0 Å². The number of aliphatic hydroxyl groups excluding tert-OH is 2. The molecule has 0 aliphatic heterocycles. The Labute approximate surface area is 133 Å². The summed E-state index contributed by atoms with van der Waals surface area (Å²) in [5.74, 6) is 0.547. The van der Waals surface area contributed by atoms with Crippen LogP contribution in [0.5, 0.6) is 0 Å². The third-order valence-electron chi connectivity index (χ3n) is 4.49. The van der Waals surface area contributed by atoms with Crippen molar-refractivity contribution in [3.05, 3.63) is 0 Å². The molecule has 0 saturated heterocycles. The summed E-state index contributed by atoms with van der Waals surface area (Å²) in [6, 6.07) is 0. The van der Waals surface area contributed by atoms with E-state index in [1.807, 2.05) is 0 Å². The molecule has 0 amide bonds. The molecule has 0 bridgehead atoms. The van der Waals surface area contributed by atoms with Crippen molar-refractivity contribution in [2.45, 2.75) is 103 Å². The molecule has 2 N–H and O–H groups in total. The third-order valence-corrected chi connectivity index (χ3v) is 4.49. The fourth-order valence-corrected chi connectivity index (χ4v) is 2.97. The fraction of sp³-hybridized carbons (Fsp3) is 1.00. The van der Waals surface area contributed by atoms with Crippen LogP contribution >= 0.6 is 0 Å². The minimum atomic E-state index is 0.344. The van der Waals surface area contributed by atoms with Crippen LogP contribution in [0, 0.1) is 5.92 Å². The van der Waals surface area contributed by atoms with E-state index in [0.29, 0.717) is 19.1 Å². The van der Waals surface area contributed by atoms with Crippen molar-refractivity contribution in [3.8, 4) is 0 Å². The Morgan fingerprint density at radius 1 is 0.571 bits per heavy atom. The first-order valence-electron chi connectivity index (χ1n) is 9.56. The lowest BCUT2D eigenvalue weighted by atomic mass is 9.95. The molecular formula is C19H40O2. The minimum Gasteiger partial charge on any atom is -0.396 e. The number of aliphatic hydroxyl groups is 2. The standard InChI is InChI=1S/C19H40O2/c1-2-3-4-5-9-12-15-19(18-21)16-13-10-7-6-8-11-14-17-20/h19-21H,2-18H2,1H3. The van der Waals surface area contributed by atoms with Crippen molar-refractivity contribution in [2.24, 2.45) is 5.92 Å². The van der Waals surface area contributed by atoms with E-state index in [-0.39, 0.29) is 0 Å². The van der Waals surface area contributed by atoms with Crippen LogP contribution in [-0.2, 0) is 0 Å². The molecule has 0 aromatic rings. The summed E-state index contributed by atoms with van der Waals surface area (Å²) in [5, 5.41) is 18.1. The van der Waals surface area contributed by atoms with Crippen LogP contribution in [0.25, 0.3) is 0 Å². The van der Waals surface area contributed by atoms with Gasteiger partial charge in [0.25, 0.3) is 0 Å². The lowest BCUT2D eigenvalue weighted by molar-refractivity contribution is 0.204. The molecule has 0 rings (SSSR count). The maximum atomic E-state index is 9.44. The van der Waals surface area contributed by atoms with E-state index in [0.717, 1.165) is 6.42 Å². The zero-order valence-corrected chi connectivity index (χ0v) is 14.5. The van der Waals surface area contributed by atoms with Crippen molar-refractivity contribution in [1.29, 1.82) is 0 Å². The number of unbranched alkanes of at least 4 members (excludes halogenated alkanes) is 11. The van der Waals surface area contributed by atoms with Gasteiger partial charge < -0.3 is 10.2 Å². The Morgan fingerprint density at radius 3 is 1.43 bits per heavy atom. The second-order valence-electron chi connectivity index (χ2n) is 6.59. The molecule has 0 aromatic heterocycles. The normalized spacial score (nSPS) is 12.7. The average molecular weight is 301 g/mol. The summed E-state index contributed by atoms with van der Waals surface area (Å²) in [6.45, 7) is 2.98. The van der Waals surface area contributed by atoms with Gasteiger partial charge in [0.15, 0.2) is 0 Å². The van der Waals surface area contributed by atoms with Gasteiger partial charge in [-0.25, -0.2) is 0 Å². The van der Waals surface area contributed by atoms with Gasteiger partial charge in [-0.2, -0.15) is 0 Å². The summed E-state index contributed by atoms with van der Waals surface area (Å²) in [4.78, 5) is 0. The number of hydrogen-bond acceptors (Lipinski definition) is 2. The molecule has 0 fully saturated rings. The van der Waals surface area contributed by atoms with Crippen LogP contribution in [0.1, 0.15) is 103 Å². The maximum absolute atomic E-state index is 9.44. The summed E-state index contributed by atoms with van der Waals surface area (Å²) in [5.41, 5.74) is 0. The molecular weight excluding hydrogens is 260 g/mol. The van der Waals surface area contributed by atoms with E-state index in [4.69, 9.17) is 5.11 Å². The van der Waals surface area contributed by atoms with Crippen molar-refractivity contribution in [3.63, 3.8) is 0 Å². The van der Waals surface area contributed by atoms with Crippen LogP contribution in [0.3, 0.4) is 0 Å². The second-order valence-corrected chi connectivity index (χ2v) is 6.59. The smallest absolute Gasteiger partial charge is 0.0459 e. The van der Waals surface area contributed by atoms with Gasteiger partial charge in [-0.15, -0.1) is 0 Å². The molecule has 0 radical (unpaired) electrons. The van der Waals surface area contributed by atoms with E-state index in [2.05, 4.69) is 6.92 Å². The van der Waals surface area contributed by atoms with Gasteiger partial charge in [-0.1, -0.05) is 84.0 Å². The molecule has 128 valence electrons. The minimum absolute atomic E-state index is 0.344. The Bertz CT molecular complexity index is 182. The zero-order valence-electron chi connectivity index (χ0n) is 14.5. The van der Waals surface area contributed by atoms with Gasteiger partial charge in [-0.3, -0.25) is 0 Å². The molecule has 0 aliphatic rings. The van der Waals surface area contributed by atoms with E-state index >= 15 is 0 Å². The molecule has 1 atom stereocenters. The predicted molar refractivity (Wildman–Crippen MR) is 92.6 cm³/mol. The summed E-state index contributed by atoms with van der Waals surface area (Å²) in [6.07, 6.45) is 19.2. The van der Waals surface area contributed by atoms with Crippen LogP contribution in [-0.4, -0.2) is 23.4 Å². The van der Waals surface area contributed by atoms with Crippen molar-refractivity contribution >= 4 is 0 Å². The predicted octanol–water partition coefficient (Wildman–Crippen LogP) is 5.46. The molecule has 0 saturated carbocycles. The zero-order chi connectivity index (χ0) is 15.6. The molecule has 0 heterocycles. The lowest BCUT2D eigenvalue weighted by Crippen LogP contribution is -2.06. The highest BCUT2D eigenvalue weighted by Crippen LogP contribution is 2.18. The van der Waals surface area contributed by atoms with E-state index < -0.39 is 0 Å². The van der Waals surface area contributed by atoms with Crippen LogP contribution < -0.4 is 0 Å². The SMILES string of the molecule is CCCCCCCCC(CO)CCCCCCCCCO. The Balaban J connectivity index is 3.28. The Morgan fingerprint density at radius 2 is 1.00 bits per heavy atom. The first-order valence-corrected chi connectivity index (χ1v) is 9.56. The molecule has 1 unspecified atom stereocenters. The quantitative estimate of drug-likeness (QED) is 0.350. The second kappa shape index (κ2) is 18.0. The van der Waals surface area contributed by atoms with Crippen molar-refractivity contribution in [1.82, 2.24) is 0 Å². The average Bonchev–Trinajstić information content (AvgIpc) is 2.51. The fourth-order valence-electron chi connectivity index (χ4n) is 2.97. The molecule has 21 heavy (non-hydrogen) atoms. The molecule has 2 nitrogen and oxygen atoms in total. The molecule has 0 aliphatic carbocycles. The summed E-state index contributed by atoms with van der Waals surface area (Å²) < 4.78 is 0. The molecule has 0 aromatic carbocycles. The molecule has 2 heteroatoms. The maximum Gasteiger partial charge on any atom is 0.0459 e. The number of rotatable bonds is 17. The summed E-state index contributed by atoms with van der Waals surface area (Å²) >= 11 is 0. The highest BCUT2D eigenvalue weighted by atomic mass is 16.3. The van der Waals surface area contributed by atoms with Crippen LogP contribution in [0.2, 0.25) is 0 Å². The third kappa shape index (κ3) is 16.1. The van der Waals surface area contributed by atoms with Crippen molar-refractivity contribution < 1.29 is 10.2 Å². The topological polar surface area (TPSA) is 40.5 Å². The van der Waals surface area contributed by atoms with Crippen LogP contribution in [0.15, 0.2) is 0 Å². The highest BCUT2D eigenvalue weighted by Gasteiger charge is 2.06. The van der Waals surface area contributed by atoms with Gasteiger partial charge in [0.2, 0.25) is 0 Å². The highest BCUT2D eigenvalue weighted by molar-refractivity contribution is 4.59. The largest absolute Gasteiger partial charge is 0.396 e. The first-order chi connectivity index (χ1) is 10.3. The lowest BCUT2D eigenvalue weighted by Gasteiger charge is -2.13. The first kappa shape index (κ1) is 20.9. The van der Waals surface area contributed by atoms with Gasteiger partial charge in [0, 0.05) is 13.2 Å². The van der Waals surface area contributed by atoms with E-state index in [9.17, 15) is 5.11 Å². The Hall–Kier alpha value is -0.0800. The van der Waals surface area contributed by atoms with Crippen molar-refractivity contribution in [2.75, 3.05) is 13.2 Å². The summed E-state index contributed by atoms with van der Waals surface area (Å²) in [7, 11) is 0. The van der Waals surface area contributed by atoms with E-state index in [1.165, 1.54) is 89.9 Å².